The fraction of sp³-hybridized carbons (Fsp3) is 0.333. The van der Waals surface area contributed by atoms with Crippen molar-refractivity contribution in [3.8, 4) is 0 Å². The zero-order valence-electron chi connectivity index (χ0n) is 10.3. The summed E-state index contributed by atoms with van der Waals surface area (Å²) in [5, 5.41) is 7.28. The molecular weight excluding hydrogens is 234 g/mol. The molecule has 0 aromatic carbocycles. The molecular formula is C12H15N3O3. The molecule has 0 saturated heterocycles. The quantitative estimate of drug-likeness (QED) is 0.803. The fourth-order valence-corrected chi connectivity index (χ4v) is 1.59. The van der Waals surface area contributed by atoms with E-state index in [0.29, 0.717) is 24.4 Å². The van der Waals surface area contributed by atoms with Gasteiger partial charge >= 0.3 is 5.97 Å². The van der Waals surface area contributed by atoms with E-state index in [9.17, 15) is 4.79 Å². The van der Waals surface area contributed by atoms with Gasteiger partial charge in [-0.15, -0.1) is 0 Å². The molecule has 0 atom stereocenters. The van der Waals surface area contributed by atoms with Crippen molar-refractivity contribution in [1.29, 1.82) is 0 Å². The second-order valence-electron chi connectivity index (χ2n) is 3.92. The maximum absolute atomic E-state index is 11.2. The van der Waals surface area contributed by atoms with E-state index in [1.54, 1.807) is 16.9 Å². The summed E-state index contributed by atoms with van der Waals surface area (Å²) in [6.07, 6.45) is 5.14. The Morgan fingerprint density at radius 2 is 2.39 bits per heavy atom. The molecule has 0 aliphatic heterocycles. The van der Waals surface area contributed by atoms with Crippen LogP contribution < -0.4 is 5.32 Å². The summed E-state index contributed by atoms with van der Waals surface area (Å²) in [5.41, 5.74) is 1.52. The zero-order valence-corrected chi connectivity index (χ0v) is 10.3. The van der Waals surface area contributed by atoms with E-state index in [1.807, 2.05) is 13.2 Å². The van der Waals surface area contributed by atoms with Gasteiger partial charge < -0.3 is 14.5 Å². The summed E-state index contributed by atoms with van der Waals surface area (Å²) in [6, 6.07) is 1.67. The Labute approximate surface area is 105 Å². The van der Waals surface area contributed by atoms with Crippen LogP contribution in [0.3, 0.4) is 0 Å². The van der Waals surface area contributed by atoms with Gasteiger partial charge in [-0.25, -0.2) is 4.79 Å². The Kier molecular flexibility index (Phi) is 3.78. The highest BCUT2D eigenvalue weighted by Gasteiger charge is 2.09. The number of nitrogens with one attached hydrogen (secondary N) is 1. The molecule has 2 rings (SSSR count). The predicted octanol–water partition coefficient (Wildman–Crippen LogP) is 1.09. The van der Waals surface area contributed by atoms with Gasteiger partial charge in [0, 0.05) is 25.4 Å². The number of methoxy groups -OCH3 is 1. The largest absolute Gasteiger partial charge is 0.467 e. The van der Waals surface area contributed by atoms with Crippen molar-refractivity contribution in [2.75, 3.05) is 7.11 Å². The van der Waals surface area contributed by atoms with E-state index in [4.69, 9.17) is 4.42 Å². The van der Waals surface area contributed by atoms with Crippen LogP contribution in [0.2, 0.25) is 0 Å². The molecule has 96 valence electrons. The van der Waals surface area contributed by atoms with E-state index in [-0.39, 0.29) is 0 Å². The minimum Gasteiger partial charge on any atom is -0.467 e. The first-order valence-electron chi connectivity index (χ1n) is 5.53. The highest BCUT2D eigenvalue weighted by molar-refractivity contribution is 5.88. The Hall–Kier alpha value is -2.08. The lowest BCUT2D eigenvalue weighted by Gasteiger charge is -1.99. The molecule has 18 heavy (non-hydrogen) atoms. The van der Waals surface area contributed by atoms with Crippen LogP contribution in [-0.4, -0.2) is 22.9 Å². The second-order valence-corrected chi connectivity index (χ2v) is 3.92. The topological polar surface area (TPSA) is 69.3 Å². The number of hydrogen-bond acceptors (Lipinski definition) is 5. The Morgan fingerprint density at radius 1 is 1.56 bits per heavy atom. The first kappa shape index (κ1) is 12.4. The average molecular weight is 249 g/mol. The van der Waals surface area contributed by atoms with E-state index in [2.05, 4.69) is 15.2 Å². The maximum atomic E-state index is 11.2. The molecule has 0 unspecified atom stereocenters. The number of rotatable bonds is 5. The van der Waals surface area contributed by atoms with Crippen LogP contribution in [0.4, 0.5) is 0 Å². The normalized spacial score (nSPS) is 10.6. The van der Waals surface area contributed by atoms with Crippen LogP contribution >= 0.6 is 0 Å². The lowest BCUT2D eigenvalue weighted by molar-refractivity contribution is 0.0600. The molecule has 2 aromatic heterocycles. The second kappa shape index (κ2) is 5.50. The van der Waals surface area contributed by atoms with E-state index >= 15 is 0 Å². The van der Waals surface area contributed by atoms with Crippen LogP contribution in [0.1, 0.15) is 21.7 Å². The molecule has 0 fully saturated rings. The van der Waals surface area contributed by atoms with Crippen LogP contribution in [0.5, 0.6) is 0 Å². The van der Waals surface area contributed by atoms with Crippen LogP contribution in [0.15, 0.2) is 29.1 Å². The molecule has 0 aliphatic rings. The van der Waals surface area contributed by atoms with Crippen molar-refractivity contribution in [3.63, 3.8) is 0 Å². The van der Waals surface area contributed by atoms with E-state index in [0.717, 1.165) is 5.56 Å². The summed E-state index contributed by atoms with van der Waals surface area (Å²) < 4.78 is 11.6. The monoisotopic (exact) mass is 249 g/mol. The van der Waals surface area contributed by atoms with Crippen molar-refractivity contribution >= 4 is 5.97 Å². The first-order chi connectivity index (χ1) is 8.69. The number of furan rings is 1. The van der Waals surface area contributed by atoms with E-state index < -0.39 is 5.97 Å². The highest BCUT2D eigenvalue weighted by atomic mass is 16.5. The van der Waals surface area contributed by atoms with E-state index in [1.165, 1.54) is 13.4 Å². The summed E-state index contributed by atoms with van der Waals surface area (Å²) in [6.45, 7) is 1.24. The van der Waals surface area contributed by atoms with Gasteiger partial charge in [-0.1, -0.05) is 0 Å². The maximum Gasteiger partial charge on any atom is 0.341 e. The van der Waals surface area contributed by atoms with Crippen LogP contribution in [0, 0.1) is 0 Å². The number of aromatic nitrogens is 2. The van der Waals surface area contributed by atoms with Crippen molar-refractivity contribution in [2.24, 2.45) is 7.05 Å². The fourth-order valence-electron chi connectivity index (χ4n) is 1.59. The number of esters is 1. The average Bonchev–Trinajstić information content (AvgIpc) is 2.98. The Balaban J connectivity index is 1.83. The Bertz CT molecular complexity index is 530. The number of aryl methyl sites for hydroxylation is 1. The molecule has 0 amide bonds. The van der Waals surface area contributed by atoms with Gasteiger partial charge in [-0.2, -0.15) is 5.10 Å². The standard InChI is InChI=1S/C12H15N3O3/c1-15-7-9(5-14-15)4-13-6-11-3-10(8-18-11)12(16)17-2/h3,5,7-8,13H,4,6H2,1-2H3. The first-order valence-corrected chi connectivity index (χ1v) is 5.53. The number of hydrogen-bond donors (Lipinski definition) is 1. The van der Waals surface area contributed by atoms with Gasteiger partial charge in [0.2, 0.25) is 0 Å². The van der Waals surface area contributed by atoms with Gasteiger partial charge in [0.25, 0.3) is 0 Å². The van der Waals surface area contributed by atoms with Gasteiger partial charge in [0.1, 0.15) is 12.0 Å². The van der Waals surface area contributed by atoms with Crippen molar-refractivity contribution in [1.82, 2.24) is 15.1 Å². The molecule has 2 heterocycles. The molecule has 0 bridgehead atoms. The molecule has 1 N–H and O–H groups in total. The summed E-state index contributed by atoms with van der Waals surface area (Å²) in [4.78, 5) is 11.2. The van der Waals surface area contributed by atoms with Gasteiger partial charge in [-0.05, 0) is 6.07 Å². The minimum atomic E-state index is -0.391. The zero-order chi connectivity index (χ0) is 13.0. The van der Waals surface area contributed by atoms with Gasteiger partial charge in [0.15, 0.2) is 0 Å². The number of carbonyl (C=O) groups excluding carboxylic acids is 1. The van der Waals surface area contributed by atoms with Crippen molar-refractivity contribution in [2.45, 2.75) is 13.1 Å². The third-order valence-electron chi connectivity index (χ3n) is 2.46. The van der Waals surface area contributed by atoms with Gasteiger partial charge in [-0.3, -0.25) is 4.68 Å². The number of carbonyl (C=O) groups is 1. The Morgan fingerprint density at radius 3 is 3.06 bits per heavy atom. The lowest BCUT2D eigenvalue weighted by Crippen LogP contribution is -2.11. The number of nitrogens with zero attached hydrogens (tertiary/aromatic N) is 2. The third-order valence-corrected chi connectivity index (χ3v) is 2.46. The molecule has 6 nitrogen and oxygen atoms in total. The molecule has 0 radical (unpaired) electrons. The summed E-state index contributed by atoms with van der Waals surface area (Å²) in [5.74, 6) is 0.302. The summed E-state index contributed by atoms with van der Waals surface area (Å²) >= 11 is 0. The third kappa shape index (κ3) is 2.98. The number of ether oxygens (including phenoxy) is 1. The van der Waals surface area contributed by atoms with Crippen molar-refractivity contribution in [3.05, 3.63) is 41.6 Å². The minimum absolute atomic E-state index is 0.391. The molecule has 2 aromatic rings. The van der Waals surface area contributed by atoms with Crippen molar-refractivity contribution < 1.29 is 13.9 Å². The van der Waals surface area contributed by atoms with Gasteiger partial charge in [0.05, 0.1) is 25.4 Å². The van der Waals surface area contributed by atoms with Crippen LogP contribution in [0.25, 0.3) is 0 Å². The summed E-state index contributed by atoms with van der Waals surface area (Å²) in [7, 11) is 3.22. The predicted molar refractivity (Wildman–Crippen MR) is 63.8 cm³/mol. The smallest absolute Gasteiger partial charge is 0.341 e. The SMILES string of the molecule is COC(=O)c1coc(CNCc2cnn(C)c2)c1. The molecule has 0 spiro atoms. The molecule has 6 heteroatoms. The molecule has 0 aliphatic carbocycles. The van der Waals surface area contributed by atoms with Crippen LogP contribution in [-0.2, 0) is 24.9 Å². The molecule has 0 saturated carbocycles. The highest BCUT2D eigenvalue weighted by Crippen LogP contribution is 2.09. The lowest BCUT2D eigenvalue weighted by atomic mass is 10.3.